The minimum atomic E-state index is -0.830. The molecule has 0 saturated heterocycles. The van der Waals surface area contributed by atoms with E-state index in [4.69, 9.17) is 9.15 Å². The summed E-state index contributed by atoms with van der Waals surface area (Å²) < 4.78 is 10.7. The van der Waals surface area contributed by atoms with Crippen molar-refractivity contribution in [3.63, 3.8) is 0 Å². The minimum Gasteiger partial charge on any atom is -0.454 e. The molecule has 0 aliphatic heterocycles. The number of esters is 1. The zero-order valence-corrected chi connectivity index (χ0v) is 17.6. The average molecular weight is 438 g/mol. The first-order valence-electron chi connectivity index (χ1n) is 9.90. The van der Waals surface area contributed by atoms with Gasteiger partial charge >= 0.3 is 5.97 Å². The molecule has 1 atom stereocenters. The number of non-ortho nitro benzene ring substituents is 1. The number of aromatic nitrogens is 2. The van der Waals surface area contributed by atoms with Gasteiger partial charge in [-0.05, 0) is 23.6 Å². The van der Waals surface area contributed by atoms with Gasteiger partial charge in [-0.2, -0.15) is 0 Å². The van der Waals surface area contributed by atoms with Gasteiger partial charge in [0.15, 0.2) is 6.61 Å². The number of nitrogens with zero attached hydrogens (tertiary/aromatic N) is 3. The van der Waals surface area contributed by atoms with Gasteiger partial charge in [-0.15, -0.1) is 10.2 Å². The predicted octanol–water partition coefficient (Wildman–Crippen LogP) is 3.07. The number of hydrogen-bond donors (Lipinski definition) is 1. The van der Waals surface area contributed by atoms with Crippen LogP contribution in [0.25, 0.3) is 11.5 Å². The summed E-state index contributed by atoms with van der Waals surface area (Å²) in [5, 5.41) is 21.1. The van der Waals surface area contributed by atoms with Crippen molar-refractivity contribution in [2.45, 2.75) is 32.9 Å². The largest absolute Gasteiger partial charge is 0.454 e. The van der Waals surface area contributed by atoms with Crippen LogP contribution in [0, 0.1) is 16.0 Å². The van der Waals surface area contributed by atoms with Crippen LogP contribution in [0.15, 0.2) is 59.0 Å². The van der Waals surface area contributed by atoms with Gasteiger partial charge in [-0.1, -0.05) is 44.2 Å². The van der Waals surface area contributed by atoms with Gasteiger partial charge in [0, 0.05) is 17.7 Å². The zero-order valence-electron chi connectivity index (χ0n) is 17.6. The second-order valence-corrected chi connectivity index (χ2v) is 7.36. The Balaban J connectivity index is 1.57. The van der Waals surface area contributed by atoms with Crippen LogP contribution in [0.5, 0.6) is 0 Å². The lowest BCUT2D eigenvalue weighted by molar-refractivity contribution is -0.384. The summed E-state index contributed by atoms with van der Waals surface area (Å²) in [4.78, 5) is 35.1. The van der Waals surface area contributed by atoms with Gasteiger partial charge in [-0.3, -0.25) is 14.9 Å². The normalized spacial score (nSPS) is 11.7. The molecule has 0 unspecified atom stereocenters. The first kappa shape index (κ1) is 22.6. The van der Waals surface area contributed by atoms with Crippen molar-refractivity contribution in [1.29, 1.82) is 0 Å². The van der Waals surface area contributed by atoms with Crippen molar-refractivity contribution in [3.05, 3.63) is 76.2 Å². The molecule has 2 aromatic carbocycles. The number of amides is 1. The fraction of sp³-hybridized carbons (Fsp3) is 0.273. The van der Waals surface area contributed by atoms with Crippen molar-refractivity contribution in [2.24, 2.45) is 5.92 Å². The quantitative estimate of drug-likeness (QED) is 0.306. The van der Waals surface area contributed by atoms with Crippen molar-refractivity contribution in [2.75, 3.05) is 0 Å². The first-order chi connectivity index (χ1) is 15.3. The fourth-order valence-electron chi connectivity index (χ4n) is 2.88. The summed E-state index contributed by atoms with van der Waals surface area (Å²) in [6.07, 6.45) is 0.152. The Hall–Kier alpha value is -4.08. The molecular weight excluding hydrogens is 416 g/mol. The summed E-state index contributed by atoms with van der Waals surface area (Å²) in [6.45, 7) is 3.33. The van der Waals surface area contributed by atoms with Gasteiger partial charge in [-0.25, -0.2) is 4.79 Å². The van der Waals surface area contributed by atoms with E-state index in [0.717, 1.165) is 5.56 Å². The smallest absolute Gasteiger partial charge is 0.329 e. The Morgan fingerprint density at radius 2 is 1.78 bits per heavy atom. The highest BCUT2D eigenvalue weighted by Gasteiger charge is 2.26. The van der Waals surface area contributed by atoms with Crippen LogP contribution in [0.1, 0.15) is 25.3 Å². The number of carbonyl (C=O) groups excluding carboxylic acids is 2. The van der Waals surface area contributed by atoms with Crippen LogP contribution in [0.2, 0.25) is 0 Å². The maximum atomic E-state index is 12.5. The molecule has 1 aromatic heterocycles. The van der Waals surface area contributed by atoms with E-state index in [2.05, 4.69) is 15.5 Å². The van der Waals surface area contributed by atoms with Crippen molar-refractivity contribution < 1.29 is 23.7 Å². The van der Waals surface area contributed by atoms with E-state index < -0.39 is 16.9 Å². The van der Waals surface area contributed by atoms with Gasteiger partial charge in [0.2, 0.25) is 11.8 Å². The van der Waals surface area contributed by atoms with E-state index >= 15 is 0 Å². The molecule has 0 fully saturated rings. The second kappa shape index (κ2) is 10.3. The number of nitrogens with one attached hydrogen (secondary N) is 1. The van der Waals surface area contributed by atoms with Gasteiger partial charge in [0.05, 0.1) is 11.3 Å². The van der Waals surface area contributed by atoms with Gasteiger partial charge < -0.3 is 14.5 Å². The van der Waals surface area contributed by atoms with Crippen LogP contribution in [-0.4, -0.2) is 33.0 Å². The van der Waals surface area contributed by atoms with E-state index in [9.17, 15) is 19.7 Å². The molecule has 3 aromatic rings. The minimum absolute atomic E-state index is 0.0588. The highest BCUT2D eigenvalue weighted by Crippen LogP contribution is 2.21. The average Bonchev–Trinajstić information content (AvgIpc) is 3.25. The molecule has 0 radical (unpaired) electrons. The van der Waals surface area contributed by atoms with Crippen LogP contribution < -0.4 is 5.32 Å². The first-order valence-corrected chi connectivity index (χ1v) is 9.90. The highest BCUT2D eigenvalue weighted by molar-refractivity contribution is 5.85. The summed E-state index contributed by atoms with van der Waals surface area (Å²) in [5.41, 5.74) is 1.27. The number of hydrogen-bond acceptors (Lipinski definition) is 8. The summed E-state index contributed by atoms with van der Waals surface area (Å²) in [5.74, 6) is -0.894. The molecule has 0 saturated carbocycles. The SMILES string of the molecule is CC(C)[C@@H](NC(=O)Cc1ccccc1)C(=O)OCc1nnc(-c2ccc([N+](=O)[O-])cc2)o1. The van der Waals surface area contributed by atoms with Crippen molar-refractivity contribution in [1.82, 2.24) is 15.5 Å². The molecule has 0 aliphatic rings. The number of nitro groups is 1. The van der Waals surface area contributed by atoms with Crippen molar-refractivity contribution >= 4 is 17.6 Å². The molecule has 3 rings (SSSR count). The van der Waals surface area contributed by atoms with Crippen LogP contribution in [-0.2, 0) is 27.4 Å². The Morgan fingerprint density at radius 3 is 2.41 bits per heavy atom. The maximum Gasteiger partial charge on any atom is 0.329 e. The monoisotopic (exact) mass is 438 g/mol. The predicted molar refractivity (Wildman–Crippen MR) is 113 cm³/mol. The molecule has 10 heteroatoms. The Kier molecular flexibility index (Phi) is 7.27. The van der Waals surface area contributed by atoms with E-state index in [0.29, 0.717) is 5.56 Å². The Morgan fingerprint density at radius 1 is 1.09 bits per heavy atom. The van der Waals surface area contributed by atoms with E-state index in [1.165, 1.54) is 24.3 Å². The van der Waals surface area contributed by atoms with Crippen LogP contribution in [0.3, 0.4) is 0 Å². The third-order valence-electron chi connectivity index (χ3n) is 4.57. The lowest BCUT2D eigenvalue weighted by atomic mass is 10.0. The van der Waals surface area contributed by atoms with E-state index in [1.54, 1.807) is 13.8 Å². The summed E-state index contributed by atoms with van der Waals surface area (Å²) >= 11 is 0. The lowest BCUT2D eigenvalue weighted by Crippen LogP contribution is -2.45. The molecule has 0 spiro atoms. The molecule has 1 amide bonds. The topological polar surface area (TPSA) is 137 Å². The number of rotatable bonds is 9. The molecule has 0 aliphatic carbocycles. The second-order valence-electron chi connectivity index (χ2n) is 7.36. The summed E-state index contributed by atoms with van der Waals surface area (Å²) in [7, 11) is 0. The molecule has 1 heterocycles. The van der Waals surface area contributed by atoms with Crippen molar-refractivity contribution in [3.8, 4) is 11.5 Å². The van der Waals surface area contributed by atoms with E-state index in [-0.39, 0.29) is 42.3 Å². The summed E-state index contributed by atoms with van der Waals surface area (Å²) in [6, 6.07) is 14.0. The molecule has 32 heavy (non-hydrogen) atoms. The molecular formula is C22H22N4O6. The third-order valence-corrected chi connectivity index (χ3v) is 4.57. The Bertz CT molecular complexity index is 1080. The molecule has 166 valence electrons. The van der Waals surface area contributed by atoms with Gasteiger partial charge in [0.1, 0.15) is 6.04 Å². The third kappa shape index (κ3) is 5.97. The number of nitro benzene ring substituents is 1. The highest BCUT2D eigenvalue weighted by atomic mass is 16.6. The van der Waals surface area contributed by atoms with Crippen LogP contribution in [0.4, 0.5) is 5.69 Å². The fourth-order valence-corrected chi connectivity index (χ4v) is 2.88. The molecule has 10 nitrogen and oxygen atoms in total. The van der Waals surface area contributed by atoms with Crippen LogP contribution >= 0.6 is 0 Å². The number of carbonyl (C=O) groups is 2. The standard InChI is InChI=1S/C22H22N4O6/c1-14(2)20(23-18(27)12-15-6-4-3-5-7-15)22(28)31-13-19-24-25-21(32-19)16-8-10-17(11-9-16)26(29)30/h3-11,14,20H,12-13H2,1-2H3,(H,23,27)/t20-/m1/s1. The molecule has 0 bridgehead atoms. The number of benzene rings is 2. The maximum absolute atomic E-state index is 12.5. The lowest BCUT2D eigenvalue weighted by Gasteiger charge is -2.20. The van der Waals surface area contributed by atoms with E-state index in [1.807, 2.05) is 30.3 Å². The Labute approximate surface area is 183 Å². The molecule has 1 N–H and O–H groups in total. The van der Waals surface area contributed by atoms with Gasteiger partial charge in [0.25, 0.3) is 11.6 Å². The number of ether oxygens (including phenoxy) is 1. The zero-order chi connectivity index (χ0) is 23.1.